The van der Waals surface area contributed by atoms with Crippen LogP contribution in [-0.4, -0.2) is 52.6 Å². The van der Waals surface area contributed by atoms with E-state index in [1.165, 1.54) is 0 Å². The van der Waals surface area contributed by atoms with Crippen LogP contribution in [0.4, 0.5) is 17.6 Å². The molecule has 1 aliphatic rings. The summed E-state index contributed by atoms with van der Waals surface area (Å²) < 4.78 is 64.2. The molecule has 1 aromatic carbocycles. The molecule has 1 fully saturated rings. The molecule has 2 atom stereocenters. The van der Waals surface area contributed by atoms with Crippen LogP contribution >= 0.6 is 0 Å². The quantitative estimate of drug-likeness (QED) is 0.746. The van der Waals surface area contributed by atoms with Crippen LogP contribution in [0.5, 0.6) is 11.5 Å². The predicted octanol–water partition coefficient (Wildman–Crippen LogP) is 2.18. The van der Waals surface area contributed by atoms with Crippen molar-refractivity contribution in [3.63, 3.8) is 0 Å². The number of hydrogen-bond acceptors (Lipinski definition) is 7. The summed E-state index contributed by atoms with van der Waals surface area (Å²) in [4.78, 5) is 17.2. The number of hydrogen-bond donors (Lipinski definition) is 1. The highest BCUT2D eigenvalue weighted by atomic mass is 19.4. The molecule has 0 unspecified atom stereocenters. The molecule has 0 bridgehead atoms. The molecular formula is C17H13F4N3O5. The minimum Gasteiger partial charge on any atom is -0.482 e. The molecule has 1 aliphatic heterocycles. The zero-order valence-corrected chi connectivity index (χ0v) is 14.5. The second kappa shape index (κ2) is 7.96. The van der Waals surface area contributed by atoms with Crippen molar-refractivity contribution in [1.29, 1.82) is 5.26 Å². The summed E-state index contributed by atoms with van der Waals surface area (Å²) in [5.74, 6) is -1.31. The number of alkyl halides is 4. The first kappa shape index (κ1) is 20.4. The Bertz CT molecular complexity index is 930. The van der Waals surface area contributed by atoms with Gasteiger partial charge in [-0.25, -0.2) is 9.37 Å². The van der Waals surface area contributed by atoms with E-state index in [4.69, 9.17) is 14.4 Å². The zero-order chi connectivity index (χ0) is 21.2. The topological polar surface area (TPSA) is 109 Å². The fraction of sp³-hybridized carbons (Fsp3) is 0.353. The third-order valence-corrected chi connectivity index (χ3v) is 3.93. The zero-order valence-electron chi connectivity index (χ0n) is 14.5. The van der Waals surface area contributed by atoms with Crippen LogP contribution < -0.4 is 9.47 Å². The number of nitrogens with zero attached hydrogens (tertiary/aromatic N) is 3. The number of amides is 1. The van der Waals surface area contributed by atoms with Crippen molar-refractivity contribution in [1.82, 2.24) is 9.88 Å². The minimum atomic E-state index is -4.90. The van der Waals surface area contributed by atoms with Gasteiger partial charge < -0.3 is 23.9 Å². The average molecular weight is 415 g/mol. The average Bonchev–Trinajstić information content (AvgIpc) is 3.25. The Balaban J connectivity index is 1.64. The predicted molar refractivity (Wildman–Crippen MR) is 85.5 cm³/mol. The molecule has 0 saturated carbocycles. The summed E-state index contributed by atoms with van der Waals surface area (Å²) >= 11 is 0. The van der Waals surface area contributed by atoms with Gasteiger partial charge in [-0.1, -0.05) is 0 Å². The molecule has 2 heterocycles. The number of carbonyl (C=O) groups excluding carboxylic acids is 1. The van der Waals surface area contributed by atoms with Crippen molar-refractivity contribution in [3.05, 3.63) is 41.6 Å². The van der Waals surface area contributed by atoms with Gasteiger partial charge in [0.25, 0.3) is 5.91 Å². The summed E-state index contributed by atoms with van der Waals surface area (Å²) in [7, 11) is 0. The van der Waals surface area contributed by atoms with Gasteiger partial charge in [0, 0.05) is 6.07 Å². The second-order valence-electron chi connectivity index (χ2n) is 6.03. The molecule has 1 aromatic heterocycles. The first-order valence-corrected chi connectivity index (χ1v) is 8.15. The van der Waals surface area contributed by atoms with E-state index in [9.17, 15) is 27.5 Å². The van der Waals surface area contributed by atoms with E-state index in [2.05, 4.69) is 9.72 Å². The Kier molecular flexibility index (Phi) is 5.60. The third-order valence-electron chi connectivity index (χ3n) is 3.93. The number of aliphatic hydroxyl groups excluding tert-OH is 1. The van der Waals surface area contributed by atoms with E-state index in [1.54, 1.807) is 6.07 Å². The fourth-order valence-corrected chi connectivity index (χ4v) is 2.61. The maximum Gasteiger partial charge on any atom is 0.573 e. The lowest BCUT2D eigenvalue weighted by Crippen LogP contribution is -2.29. The number of oxazole rings is 1. The van der Waals surface area contributed by atoms with Crippen molar-refractivity contribution in [2.45, 2.75) is 25.2 Å². The molecule has 1 N–H and O–H groups in total. The molecule has 3 rings (SSSR count). The van der Waals surface area contributed by atoms with Crippen molar-refractivity contribution in [3.8, 4) is 17.6 Å². The molecule has 0 aliphatic carbocycles. The molecule has 29 heavy (non-hydrogen) atoms. The molecule has 1 saturated heterocycles. The summed E-state index contributed by atoms with van der Waals surface area (Å²) in [5.41, 5.74) is -0.339. The van der Waals surface area contributed by atoms with Crippen LogP contribution in [0.15, 0.2) is 28.9 Å². The molecule has 154 valence electrons. The Morgan fingerprint density at radius 3 is 2.79 bits per heavy atom. The third kappa shape index (κ3) is 4.94. The first-order valence-electron chi connectivity index (χ1n) is 8.15. The summed E-state index contributed by atoms with van der Waals surface area (Å²) in [5, 5.41) is 18.5. The smallest absolute Gasteiger partial charge is 0.482 e. The Hall–Kier alpha value is -3.33. The number of halogens is 4. The van der Waals surface area contributed by atoms with Gasteiger partial charge in [0.05, 0.1) is 18.7 Å². The van der Waals surface area contributed by atoms with Gasteiger partial charge in [0.15, 0.2) is 12.3 Å². The number of likely N-dealkylation sites (tertiary alicyclic amines) is 1. The van der Waals surface area contributed by atoms with Crippen LogP contribution in [0.2, 0.25) is 0 Å². The standard InChI is InChI=1S/C17H13F4N3O5/c18-11-5-24(6-13(11)25)16(26)12-7-28-15(23-12)8-27-14-2-1-10(3-9(14)4-22)29-17(19,20)21/h1-3,7,11,13,25H,5-6,8H2/t11-,13-/m1/s1. The summed E-state index contributed by atoms with van der Waals surface area (Å²) in [6.07, 6.45) is -6.67. The molecule has 8 nitrogen and oxygen atoms in total. The van der Waals surface area contributed by atoms with Crippen molar-refractivity contribution in [2.24, 2.45) is 0 Å². The van der Waals surface area contributed by atoms with Gasteiger partial charge in [0.1, 0.15) is 36.1 Å². The largest absolute Gasteiger partial charge is 0.573 e. The van der Waals surface area contributed by atoms with Gasteiger partial charge >= 0.3 is 6.36 Å². The van der Waals surface area contributed by atoms with Gasteiger partial charge in [-0.05, 0) is 12.1 Å². The van der Waals surface area contributed by atoms with Crippen LogP contribution in [0.1, 0.15) is 21.9 Å². The molecule has 12 heteroatoms. The van der Waals surface area contributed by atoms with Crippen molar-refractivity contribution < 1.29 is 41.4 Å². The lowest BCUT2D eigenvalue weighted by Gasteiger charge is -2.12. The molecule has 0 radical (unpaired) electrons. The van der Waals surface area contributed by atoms with E-state index in [1.807, 2.05) is 0 Å². The van der Waals surface area contributed by atoms with Crippen LogP contribution in [0, 0.1) is 11.3 Å². The molecule has 2 aromatic rings. The Morgan fingerprint density at radius 1 is 1.41 bits per heavy atom. The highest BCUT2D eigenvalue weighted by Crippen LogP contribution is 2.28. The molecular weight excluding hydrogens is 402 g/mol. The number of carbonyl (C=O) groups is 1. The first-order chi connectivity index (χ1) is 13.7. The summed E-state index contributed by atoms with van der Waals surface area (Å²) in [6, 6.07) is 4.63. The Labute approximate surface area is 160 Å². The number of ether oxygens (including phenoxy) is 2. The normalized spacial score (nSPS) is 19.1. The highest BCUT2D eigenvalue weighted by Gasteiger charge is 2.35. The fourth-order valence-electron chi connectivity index (χ4n) is 2.61. The van der Waals surface area contributed by atoms with Gasteiger partial charge in [0.2, 0.25) is 5.89 Å². The monoisotopic (exact) mass is 415 g/mol. The molecule has 1 amide bonds. The maximum absolute atomic E-state index is 13.3. The number of rotatable bonds is 5. The lowest BCUT2D eigenvalue weighted by molar-refractivity contribution is -0.274. The second-order valence-corrected chi connectivity index (χ2v) is 6.03. The van der Waals surface area contributed by atoms with Gasteiger partial charge in [-0.2, -0.15) is 5.26 Å². The van der Waals surface area contributed by atoms with E-state index in [-0.39, 0.29) is 42.6 Å². The number of nitriles is 1. The van der Waals surface area contributed by atoms with Crippen molar-refractivity contribution in [2.75, 3.05) is 13.1 Å². The molecule has 0 spiro atoms. The van der Waals surface area contributed by atoms with Gasteiger partial charge in [-0.3, -0.25) is 4.79 Å². The Morgan fingerprint density at radius 2 is 2.17 bits per heavy atom. The number of β-amino-alcohol motifs (C(OH)–C–C–N with tert-alkyl or cyclic N) is 1. The SMILES string of the molecule is N#Cc1cc(OC(F)(F)F)ccc1OCc1nc(C(=O)N2C[C@@H](O)[C@H](F)C2)co1. The number of benzene rings is 1. The van der Waals surface area contributed by atoms with Gasteiger partial charge in [-0.15, -0.1) is 13.2 Å². The number of aromatic nitrogens is 1. The summed E-state index contributed by atoms with van der Waals surface area (Å²) in [6.45, 7) is -0.761. The maximum atomic E-state index is 13.3. The van der Waals surface area contributed by atoms with E-state index in [0.717, 1.165) is 29.4 Å². The van der Waals surface area contributed by atoms with E-state index in [0.29, 0.717) is 0 Å². The van der Waals surface area contributed by atoms with Crippen LogP contribution in [-0.2, 0) is 6.61 Å². The van der Waals surface area contributed by atoms with E-state index >= 15 is 0 Å². The highest BCUT2D eigenvalue weighted by molar-refractivity contribution is 5.92. The van der Waals surface area contributed by atoms with Crippen molar-refractivity contribution >= 4 is 5.91 Å². The minimum absolute atomic E-state index is 0.0453. The number of aliphatic hydroxyl groups is 1. The van der Waals surface area contributed by atoms with Crippen LogP contribution in [0.3, 0.4) is 0 Å². The van der Waals surface area contributed by atoms with E-state index < -0.39 is 30.3 Å². The lowest BCUT2D eigenvalue weighted by atomic mass is 10.2. The van der Waals surface area contributed by atoms with Crippen LogP contribution in [0.25, 0.3) is 0 Å².